The minimum absolute atomic E-state index is 0.211. The van der Waals surface area contributed by atoms with E-state index < -0.39 is 5.95 Å². The van der Waals surface area contributed by atoms with Crippen LogP contribution in [0, 0.1) is 0 Å². The van der Waals surface area contributed by atoms with Crippen molar-refractivity contribution >= 4 is 22.1 Å². The van der Waals surface area contributed by atoms with Gasteiger partial charge in [-0.3, -0.25) is 9.55 Å². The highest BCUT2D eigenvalue weighted by molar-refractivity contribution is 6.06. The molecule has 0 saturated heterocycles. The molecule has 6 nitrogen and oxygen atoms in total. The summed E-state index contributed by atoms with van der Waals surface area (Å²) in [5.74, 6) is 0.0729. The molecular formula is C18H13FN6. The molecule has 4 aromatic heterocycles. The number of hydrogen-bond donors (Lipinski definition) is 0. The lowest BCUT2D eigenvalue weighted by Gasteiger charge is -2.09. The van der Waals surface area contributed by atoms with E-state index >= 15 is 0 Å². The Bertz CT molecular complexity index is 1150. The molecule has 0 amide bonds. The number of pyridine rings is 1. The van der Waals surface area contributed by atoms with Crippen LogP contribution in [0.25, 0.3) is 22.2 Å². The Morgan fingerprint density at radius 3 is 2.88 bits per heavy atom. The first-order chi connectivity index (χ1) is 12.2. The summed E-state index contributed by atoms with van der Waals surface area (Å²) in [6.45, 7) is 6.82. The van der Waals surface area contributed by atoms with Crippen molar-refractivity contribution in [3.05, 3.63) is 80.1 Å². The Morgan fingerprint density at radius 1 is 1.20 bits per heavy atom. The van der Waals surface area contributed by atoms with Crippen molar-refractivity contribution in [2.75, 3.05) is 0 Å². The van der Waals surface area contributed by atoms with Crippen molar-refractivity contribution in [3.8, 4) is 5.82 Å². The number of fused-ring (bicyclic) bond motifs is 2. The van der Waals surface area contributed by atoms with Crippen LogP contribution in [0.2, 0.25) is 0 Å². The van der Waals surface area contributed by atoms with Crippen LogP contribution < -0.4 is 0 Å². The molecule has 0 saturated carbocycles. The summed E-state index contributed by atoms with van der Waals surface area (Å²) in [6, 6.07) is 7.63. The highest BCUT2D eigenvalue weighted by atomic mass is 19.1. The molecule has 122 valence electrons. The average Bonchev–Trinajstić information content (AvgIpc) is 3.25. The summed E-state index contributed by atoms with van der Waals surface area (Å²) >= 11 is 0. The molecular weight excluding hydrogens is 319 g/mol. The Hall–Kier alpha value is -3.61. The third kappa shape index (κ3) is 2.51. The van der Waals surface area contributed by atoms with Crippen molar-refractivity contribution in [2.24, 2.45) is 4.99 Å². The smallest absolute Gasteiger partial charge is 0.206 e. The maximum absolute atomic E-state index is 13.2. The van der Waals surface area contributed by atoms with Crippen LogP contribution in [-0.4, -0.2) is 29.9 Å². The maximum Gasteiger partial charge on any atom is 0.206 e. The quantitative estimate of drug-likeness (QED) is 0.424. The fourth-order valence-corrected chi connectivity index (χ4v) is 2.69. The number of hydrogen-bond acceptors (Lipinski definition) is 4. The molecule has 0 spiro atoms. The normalized spacial score (nSPS) is 12.0. The van der Waals surface area contributed by atoms with Crippen LogP contribution in [0.1, 0.15) is 5.82 Å². The van der Waals surface area contributed by atoms with E-state index in [1.54, 1.807) is 23.1 Å². The number of nitrogens with zero attached hydrogens (tertiary/aromatic N) is 6. The minimum atomic E-state index is -0.829. The van der Waals surface area contributed by atoms with Gasteiger partial charge in [0.2, 0.25) is 11.8 Å². The van der Waals surface area contributed by atoms with Crippen molar-refractivity contribution < 1.29 is 4.39 Å². The monoisotopic (exact) mass is 332 g/mol. The summed E-state index contributed by atoms with van der Waals surface area (Å²) in [5.41, 5.74) is 1.97. The fraction of sp³-hybridized carbons (Fsp3) is 0. The van der Waals surface area contributed by atoms with E-state index in [1.165, 1.54) is 6.08 Å². The van der Waals surface area contributed by atoms with Gasteiger partial charge in [0.05, 0.1) is 5.52 Å². The van der Waals surface area contributed by atoms with Crippen LogP contribution >= 0.6 is 0 Å². The van der Waals surface area contributed by atoms with E-state index in [0.29, 0.717) is 5.82 Å². The minimum Gasteiger partial charge on any atom is -0.299 e. The number of rotatable bonds is 4. The Morgan fingerprint density at radius 2 is 2.08 bits per heavy atom. The second-order valence-corrected chi connectivity index (χ2v) is 5.29. The summed E-state index contributed by atoms with van der Waals surface area (Å²) in [6.07, 6.45) is 8.61. The molecule has 0 bridgehead atoms. The second-order valence-electron chi connectivity index (χ2n) is 5.29. The summed E-state index contributed by atoms with van der Waals surface area (Å²) < 4.78 is 16.8. The zero-order valence-electron chi connectivity index (χ0n) is 13.2. The summed E-state index contributed by atoms with van der Waals surface area (Å²) in [4.78, 5) is 12.4. The highest BCUT2D eigenvalue weighted by Crippen LogP contribution is 2.22. The van der Waals surface area contributed by atoms with Gasteiger partial charge in [0, 0.05) is 30.2 Å². The molecule has 0 unspecified atom stereocenters. The largest absolute Gasteiger partial charge is 0.299 e. The zero-order chi connectivity index (χ0) is 17.4. The SMILES string of the molecule is C=C/C(=N\C(=C)F)c1nc(-n2ccc3cnccc32)c2cccn2n1. The van der Waals surface area contributed by atoms with Gasteiger partial charge < -0.3 is 0 Å². The van der Waals surface area contributed by atoms with Gasteiger partial charge in [0.15, 0.2) is 5.82 Å². The third-order valence-electron chi connectivity index (χ3n) is 3.75. The van der Waals surface area contributed by atoms with E-state index in [9.17, 15) is 4.39 Å². The first kappa shape index (κ1) is 14.9. The van der Waals surface area contributed by atoms with Crippen molar-refractivity contribution in [1.29, 1.82) is 0 Å². The van der Waals surface area contributed by atoms with Crippen LogP contribution in [-0.2, 0) is 0 Å². The van der Waals surface area contributed by atoms with Crippen molar-refractivity contribution in [3.63, 3.8) is 0 Å². The molecule has 0 atom stereocenters. The number of aliphatic imine (C=N–C) groups is 1. The lowest BCUT2D eigenvalue weighted by Crippen LogP contribution is -2.12. The first-order valence-corrected chi connectivity index (χ1v) is 7.50. The molecule has 0 radical (unpaired) electrons. The molecule has 7 heteroatoms. The van der Waals surface area contributed by atoms with Crippen molar-refractivity contribution in [2.45, 2.75) is 0 Å². The topological polar surface area (TPSA) is 60.4 Å². The van der Waals surface area contributed by atoms with Gasteiger partial charge in [0.25, 0.3) is 0 Å². The van der Waals surface area contributed by atoms with Crippen LogP contribution in [0.5, 0.6) is 0 Å². The number of allylic oxidation sites excluding steroid dienone is 1. The van der Waals surface area contributed by atoms with Gasteiger partial charge in [-0.15, -0.1) is 5.10 Å². The van der Waals surface area contributed by atoms with Gasteiger partial charge in [0.1, 0.15) is 11.2 Å². The molecule has 0 aromatic carbocycles. The summed E-state index contributed by atoms with van der Waals surface area (Å²) in [7, 11) is 0. The molecule has 25 heavy (non-hydrogen) atoms. The first-order valence-electron chi connectivity index (χ1n) is 7.50. The molecule has 0 N–H and O–H groups in total. The van der Waals surface area contributed by atoms with E-state index in [4.69, 9.17) is 0 Å². The third-order valence-corrected chi connectivity index (χ3v) is 3.75. The molecule has 0 aliphatic carbocycles. The van der Waals surface area contributed by atoms with E-state index in [0.717, 1.165) is 16.4 Å². The maximum atomic E-state index is 13.2. The lowest BCUT2D eigenvalue weighted by molar-refractivity contribution is 0.633. The Kier molecular flexibility index (Phi) is 3.46. The standard InChI is InChI=1S/C18H13FN6/c1-3-14(21-12(2)19)17-22-18(16-5-4-9-25(16)23-17)24-10-7-13-11-20-8-6-15(13)24/h3-11H,1-2H2/b21-14+. The molecule has 4 aromatic rings. The van der Waals surface area contributed by atoms with E-state index in [-0.39, 0.29) is 11.5 Å². The molecule has 4 heterocycles. The number of aromatic nitrogens is 5. The van der Waals surface area contributed by atoms with E-state index in [2.05, 4.69) is 33.2 Å². The second kappa shape index (κ2) is 5.79. The van der Waals surface area contributed by atoms with Gasteiger partial charge >= 0.3 is 0 Å². The zero-order valence-corrected chi connectivity index (χ0v) is 13.2. The van der Waals surface area contributed by atoms with Crippen LogP contribution in [0.3, 0.4) is 0 Å². The molecule has 0 aliphatic heterocycles. The predicted octanol–water partition coefficient (Wildman–Crippen LogP) is 3.48. The highest BCUT2D eigenvalue weighted by Gasteiger charge is 2.14. The average molecular weight is 332 g/mol. The van der Waals surface area contributed by atoms with Gasteiger partial charge in [-0.1, -0.05) is 6.58 Å². The Balaban J connectivity index is 2.02. The predicted molar refractivity (Wildman–Crippen MR) is 94.6 cm³/mol. The summed E-state index contributed by atoms with van der Waals surface area (Å²) in [5, 5.41) is 5.37. The number of halogens is 1. The molecule has 0 aliphatic rings. The van der Waals surface area contributed by atoms with Gasteiger partial charge in [-0.2, -0.15) is 4.39 Å². The Labute approximate surface area is 142 Å². The van der Waals surface area contributed by atoms with Crippen molar-refractivity contribution in [1.82, 2.24) is 24.1 Å². The fourth-order valence-electron chi connectivity index (χ4n) is 2.69. The molecule has 4 rings (SSSR count). The van der Waals surface area contributed by atoms with Crippen LogP contribution in [0.15, 0.2) is 79.2 Å². The lowest BCUT2D eigenvalue weighted by atomic mass is 10.3. The van der Waals surface area contributed by atoms with Gasteiger partial charge in [-0.05, 0) is 36.9 Å². The van der Waals surface area contributed by atoms with E-state index in [1.807, 2.05) is 35.0 Å². The molecule has 0 fully saturated rings. The van der Waals surface area contributed by atoms with Crippen LogP contribution in [0.4, 0.5) is 4.39 Å². The van der Waals surface area contributed by atoms with Gasteiger partial charge in [-0.25, -0.2) is 14.5 Å².